The summed E-state index contributed by atoms with van der Waals surface area (Å²) in [4.78, 5) is 2.46. The Bertz CT molecular complexity index is 597. The number of methoxy groups -OCH3 is 1. The van der Waals surface area contributed by atoms with E-state index in [1.165, 1.54) is 4.31 Å². The molecule has 0 bridgehead atoms. The van der Waals surface area contributed by atoms with Gasteiger partial charge in [-0.05, 0) is 26.0 Å². The molecule has 0 spiro atoms. The average molecular weight is 347 g/mol. The van der Waals surface area contributed by atoms with Gasteiger partial charge in [-0.1, -0.05) is 23.7 Å². The van der Waals surface area contributed by atoms with Gasteiger partial charge in [0.2, 0.25) is 10.0 Å². The van der Waals surface area contributed by atoms with Gasteiger partial charge in [0.25, 0.3) is 0 Å². The van der Waals surface area contributed by atoms with Crippen LogP contribution in [0.1, 0.15) is 13.8 Å². The SMILES string of the molecule is COCCN1C(C)CN(S(=O)(=O)c2ccccc2Cl)CC1C. The number of halogens is 1. The van der Waals surface area contributed by atoms with Crippen LogP contribution < -0.4 is 0 Å². The van der Waals surface area contributed by atoms with Crippen molar-refractivity contribution in [3.05, 3.63) is 29.3 Å². The van der Waals surface area contributed by atoms with Gasteiger partial charge in [-0.3, -0.25) is 4.90 Å². The molecule has 1 heterocycles. The van der Waals surface area contributed by atoms with Crippen LogP contribution in [0.25, 0.3) is 0 Å². The number of sulfonamides is 1. The molecule has 0 N–H and O–H groups in total. The first-order valence-corrected chi connectivity index (χ1v) is 9.19. The first kappa shape index (κ1) is 17.7. The molecule has 2 rings (SSSR count). The predicted molar refractivity (Wildman–Crippen MR) is 87.7 cm³/mol. The number of piperazine rings is 1. The zero-order chi connectivity index (χ0) is 16.3. The van der Waals surface area contributed by atoms with Gasteiger partial charge in [-0.25, -0.2) is 8.42 Å². The highest BCUT2D eigenvalue weighted by Crippen LogP contribution is 2.27. The molecule has 0 saturated carbocycles. The third kappa shape index (κ3) is 3.63. The third-order valence-electron chi connectivity index (χ3n) is 4.08. The maximum Gasteiger partial charge on any atom is 0.244 e. The molecule has 1 aliphatic heterocycles. The molecule has 124 valence electrons. The number of ether oxygens (including phenoxy) is 1. The maximum absolute atomic E-state index is 12.8. The Balaban J connectivity index is 2.19. The van der Waals surface area contributed by atoms with Crippen LogP contribution in [-0.4, -0.2) is 63.1 Å². The molecule has 0 aromatic heterocycles. The Labute approximate surface area is 137 Å². The summed E-state index contributed by atoms with van der Waals surface area (Å²) >= 11 is 6.07. The van der Waals surface area contributed by atoms with Crippen LogP contribution in [0.15, 0.2) is 29.2 Å². The molecular weight excluding hydrogens is 324 g/mol. The minimum absolute atomic E-state index is 0.135. The highest BCUT2D eigenvalue weighted by molar-refractivity contribution is 7.89. The first-order valence-electron chi connectivity index (χ1n) is 7.37. The molecule has 1 fully saturated rings. The fraction of sp³-hybridized carbons (Fsp3) is 0.600. The Morgan fingerprint density at radius 1 is 1.23 bits per heavy atom. The van der Waals surface area contributed by atoms with Gasteiger partial charge in [0.1, 0.15) is 4.90 Å². The second-order valence-electron chi connectivity index (χ2n) is 5.68. The summed E-state index contributed by atoms with van der Waals surface area (Å²) in [5.74, 6) is 0. The van der Waals surface area contributed by atoms with Crippen molar-refractivity contribution in [1.29, 1.82) is 0 Å². The van der Waals surface area contributed by atoms with Gasteiger partial charge < -0.3 is 4.74 Å². The minimum atomic E-state index is -3.56. The quantitative estimate of drug-likeness (QED) is 0.819. The maximum atomic E-state index is 12.8. The third-order valence-corrected chi connectivity index (χ3v) is 6.41. The van der Waals surface area contributed by atoms with Crippen LogP contribution in [-0.2, 0) is 14.8 Å². The molecule has 5 nitrogen and oxygen atoms in total. The molecule has 2 unspecified atom stereocenters. The van der Waals surface area contributed by atoms with Crippen LogP contribution in [0.5, 0.6) is 0 Å². The number of nitrogens with zero attached hydrogens (tertiary/aromatic N) is 2. The molecule has 7 heteroatoms. The molecule has 0 radical (unpaired) electrons. The first-order chi connectivity index (χ1) is 10.4. The van der Waals surface area contributed by atoms with Crippen molar-refractivity contribution >= 4 is 21.6 Å². The zero-order valence-corrected chi connectivity index (χ0v) is 14.8. The van der Waals surface area contributed by atoms with Gasteiger partial charge >= 0.3 is 0 Å². The number of hydrogen-bond donors (Lipinski definition) is 0. The summed E-state index contributed by atoms with van der Waals surface area (Å²) in [7, 11) is -1.88. The van der Waals surface area contributed by atoms with Crippen molar-refractivity contribution in [3.8, 4) is 0 Å². The van der Waals surface area contributed by atoms with E-state index in [4.69, 9.17) is 16.3 Å². The normalized spacial score (nSPS) is 24.5. The van der Waals surface area contributed by atoms with E-state index in [0.717, 1.165) is 6.54 Å². The Morgan fingerprint density at radius 3 is 2.36 bits per heavy atom. The topological polar surface area (TPSA) is 49.9 Å². The van der Waals surface area contributed by atoms with Crippen molar-refractivity contribution in [2.75, 3.05) is 33.4 Å². The predicted octanol–water partition coefficient (Wildman–Crippen LogP) is 2.07. The van der Waals surface area contributed by atoms with Crippen LogP contribution >= 0.6 is 11.6 Å². The molecule has 22 heavy (non-hydrogen) atoms. The van der Waals surface area contributed by atoms with Crippen molar-refractivity contribution in [2.45, 2.75) is 30.8 Å². The van der Waals surface area contributed by atoms with Crippen LogP contribution in [0.4, 0.5) is 0 Å². The van der Waals surface area contributed by atoms with Gasteiger partial charge in [0.15, 0.2) is 0 Å². The summed E-state index contributed by atoms with van der Waals surface area (Å²) in [6, 6.07) is 6.86. The average Bonchev–Trinajstić information content (AvgIpc) is 2.46. The lowest BCUT2D eigenvalue weighted by Gasteiger charge is -2.43. The fourth-order valence-electron chi connectivity index (χ4n) is 2.93. The van der Waals surface area contributed by atoms with E-state index in [1.807, 2.05) is 13.8 Å². The number of rotatable bonds is 5. The molecule has 0 aliphatic carbocycles. The molecule has 0 amide bonds. The molecule has 1 saturated heterocycles. The van der Waals surface area contributed by atoms with E-state index in [1.54, 1.807) is 31.4 Å². The van der Waals surface area contributed by atoms with E-state index in [-0.39, 0.29) is 22.0 Å². The lowest BCUT2D eigenvalue weighted by atomic mass is 10.1. The summed E-state index contributed by atoms with van der Waals surface area (Å²) in [6.45, 7) is 6.45. The molecule has 2 atom stereocenters. The highest BCUT2D eigenvalue weighted by atomic mass is 35.5. The Morgan fingerprint density at radius 2 is 1.82 bits per heavy atom. The molecule has 1 aromatic carbocycles. The summed E-state index contributed by atoms with van der Waals surface area (Å²) < 4.78 is 32.3. The van der Waals surface area contributed by atoms with E-state index < -0.39 is 10.0 Å². The lowest BCUT2D eigenvalue weighted by Crippen LogP contribution is -2.58. The van der Waals surface area contributed by atoms with E-state index >= 15 is 0 Å². The molecular formula is C15H23ClN2O3S. The van der Waals surface area contributed by atoms with E-state index in [2.05, 4.69) is 4.90 Å². The monoisotopic (exact) mass is 346 g/mol. The van der Waals surface area contributed by atoms with Crippen molar-refractivity contribution in [3.63, 3.8) is 0 Å². The van der Waals surface area contributed by atoms with Crippen LogP contribution in [0.2, 0.25) is 5.02 Å². The summed E-state index contributed by atoms with van der Waals surface area (Å²) in [5.41, 5.74) is 0. The molecule has 1 aliphatic rings. The number of hydrogen-bond acceptors (Lipinski definition) is 4. The van der Waals surface area contributed by atoms with Crippen LogP contribution in [0.3, 0.4) is 0 Å². The summed E-state index contributed by atoms with van der Waals surface area (Å²) in [5, 5.41) is 0.268. The van der Waals surface area contributed by atoms with Crippen molar-refractivity contribution < 1.29 is 13.2 Å². The van der Waals surface area contributed by atoms with E-state index in [0.29, 0.717) is 19.7 Å². The standard InChI is InChI=1S/C15H23ClN2O3S/c1-12-10-17(11-13(2)18(12)8-9-21-3)22(19,20)15-7-5-4-6-14(15)16/h4-7,12-13H,8-11H2,1-3H3. The Kier molecular flexibility index (Phi) is 5.85. The van der Waals surface area contributed by atoms with E-state index in [9.17, 15) is 8.42 Å². The van der Waals surface area contributed by atoms with Gasteiger partial charge in [0.05, 0.1) is 11.6 Å². The Hall–Kier alpha value is -0.660. The lowest BCUT2D eigenvalue weighted by molar-refractivity contribution is 0.0496. The van der Waals surface area contributed by atoms with Crippen LogP contribution in [0, 0.1) is 0 Å². The largest absolute Gasteiger partial charge is 0.383 e. The van der Waals surface area contributed by atoms with Crippen molar-refractivity contribution in [1.82, 2.24) is 9.21 Å². The second kappa shape index (κ2) is 7.27. The molecule has 1 aromatic rings. The minimum Gasteiger partial charge on any atom is -0.383 e. The zero-order valence-electron chi connectivity index (χ0n) is 13.2. The van der Waals surface area contributed by atoms with Gasteiger partial charge in [0, 0.05) is 38.8 Å². The smallest absolute Gasteiger partial charge is 0.244 e. The second-order valence-corrected chi connectivity index (χ2v) is 7.99. The highest BCUT2D eigenvalue weighted by Gasteiger charge is 2.36. The van der Waals surface area contributed by atoms with Crippen molar-refractivity contribution in [2.24, 2.45) is 0 Å². The number of benzene rings is 1. The fourth-order valence-corrected chi connectivity index (χ4v) is 5.03. The van der Waals surface area contributed by atoms with Gasteiger partial charge in [-0.15, -0.1) is 0 Å². The van der Waals surface area contributed by atoms with Gasteiger partial charge in [-0.2, -0.15) is 4.31 Å². The summed E-state index contributed by atoms with van der Waals surface area (Å²) in [6.07, 6.45) is 0.